The van der Waals surface area contributed by atoms with E-state index in [4.69, 9.17) is 9.97 Å². The van der Waals surface area contributed by atoms with Gasteiger partial charge in [-0.05, 0) is 50.3 Å². The molecule has 5 aromatic rings. The van der Waals surface area contributed by atoms with Crippen molar-refractivity contribution in [2.45, 2.75) is 50.6 Å². The number of imidazole rings is 1. The molecule has 8 heteroatoms. The number of benzene rings is 1. The Morgan fingerprint density at radius 1 is 1.09 bits per heavy atom. The summed E-state index contributed by atoms with van der Waals surface area (Å²) in [5.41, 5.74) is 5.39. The van der Waals surface area contributed by atoms with Crippen LogP contribution in [-0.4, -0.2) is 23.9 Å². The average Bonchev–Trinajstić information content (AvgIpc) is 3.49. The van der Waals surface area contributed by atoms with Gasteiger partial charge in [0.1, 0.15) is 4.83 Å². The first-order valence-electron chi connectivity index (χ1n) is 11.1. The number of hydrogen-bond acceptors (Lipinski definition) is 6. The first-order chi connectivity index (χ1) is 16.1. The number of aromatic nitrogens is 5. The topological polar surface area (TPSA) is 65.1 Å². The van der Waals surface area contributed by atoms with Crippen LogP contribution in [0, 0.1) is 13.8 Å². The quantitative estimate of drug-likeness (QED) is 0.267. The zero-order valence-corrected chi connectivity index (χ0v) is 20.2. The number of hydrogen-bond donors (Lipinski definition) is 0. The summed E-state index contributed by atoms with van der Waals surface area (Å²) < 4.78 is 3.86. The second kappa shape index (κ2) is 8.11. The number of rotatable bonds is 5. The van der Waals surface area contributed by atoms with Gasteiger partial charge < -0.3 is 0 Å². The highest BCUT2D eigenvalue weighted by atomic mass is 32.2. The van der Waals surface area contributed by atoms with E-state index in [0.717, 1.165) is 57.3 Å². The van der Waals surface area contributed by atoms with Gasteiger partial charge in [0.25, 0.3) is 5.56 Å². The van der Waals surface area contributed by atoms with Crippen LogP contribution in [0.2, 0.25) is 0 Å². The van der Waals surface area contributed by atoms with Crippen molar-refractivity contribution in [1.82, 2.24) is 23.9 Å². The summed E-state index contributed by atoms with van der Waals surface area (Å²) >= 11 is 3.26. The summed E-state index contributed by atoms with van der Waals surface area (Å²) in [5, 5.41) is 1.57. The Morgan fingerprint density at radius 3 is 2.79 bits per heavy atom. The summed E-state index contributed by atoms with van der Waals surface area (Å²) in [6, 6.07) is 12.2. The van der Waals surface area contributed by atoms with E-state index in [-0.39, 0.29) is 5.56 Å². The van der Waals surface area contributed by atoms with Crippen molar-refractivity contribution in [3.8, 4) is 0 Å². The zero-order chi connectivity index (χ0) is 22.5. The van der Waals surface area contributed by atoms with Crippen LogP contribution < -0.4 is 5.56 Å². The second-order valence-corrected chi connectivity index (χ2v) is 10.6. The van der Waals surface area contributed by atoms with Gasteiger partial charge in [-0.1, -0.05) is 42.1 Å². The van der Waals surface area contributed by atoms with E-state index in [1.807, 2.05) is 40.3 Å². The van der Waals surface area contributed by atoms with Crippen molar-refractivity contribution in [1.29, 1.82) is 0 Å². The van der Waals surface area contributed by atoms with E-state index in [1.54, 1.807) is 23.1 Å². The van der Waals surface area contributed by atoms with E-state index in [9.17, 15) is 4.79 Å². The lowest BCUT2D eigenvalue weighted by molar-refractivity contribution is 0.658. The molecule has 0 saturated heterocycles. The number of aryl methyl sites for hydroxylation is 4. The fraction of sp³-hybridized carbons (Fsp3) is 0.280. The van der Waals surface area contributed by atoms with Crippen LogP contribution >= 0.6 is 23.1 Å². The van der Waals surface area contributed by atoms with Crippen molar-refractivity contribution < 1.29 is 0 Å². The predicted molar refractivity (Wildman–Crippen MR) is 133 cm³/mol. The third-order valence-corrected chi connectivity index (χ3v) is 8.33. The molecule has 0 atom stereocenters. The molecule has 0 spiro atoms. The van der Waals surface area contributed by atoms with Crippen molar-refractivity contribution in [3.63, 3.8) is 0 Å². The first kappa shape index (κ1) is 20.6. The molecule has 0 N–H and O–H groups in total. The highest BCUT2D eigenvalue weighted by Gasteiger charge is 2.23. The molecule has 0 fully saturated rings. The van der Waals surface area contributed by atoms with Crippen LogP contribution in [0.25, 0.3) is 16.0 Å². The molecule has 0 aliphatic heterocycles. The normalized spacial score (nSPS) is 13.3. The molecule has 4 heterocycles. The van der Waals surface area contributed by atoms with Crippen LogP contribution in [-0.2, 0) is 25.1 Å². The van der Waals surface area contributed by atoms with Crippen molar-refractivity contribution >= 4 is 39.1 Å². The second-order valence-electron chi connectivity index (χ2n) is 8.54. The van der Waals surface area contributed by atoms with Gasteiger partial charge >= 0.3 is 0 Å². The maximum Gasteiger partial charge on any atom is 0.263 e. The van der Waals surface area contributed by atoms with Gasteiger partial charge in [0.05, 0.1) is 17.6 Å². The minimum absolute atomic E-state index is 0.0777. The molecule has 166 valence electrons. The van der Waals surface area contributed by atoms with Gasteiger partial charge in [-0.3, -0.25) is 13.8 Å². The lowest BCUT2D eigenvalue weighted by atomic mass is 10.2. The van der Waals surface area contributed by atoms with Crippen molar-refractivity contribution in [2.75, 3.05) is 0 Å². The summed E-state index contributed by atoms with van der Waals surface area (Å²) in [6.07, 6.45) is 5.20. The Morgan fingerprint density at radius 2 is 1.94 bits per heavy atom. The van der Waals surface area contributed by atoms with Gasteiger partial charge in [0.15, 0.2) is 5.16 Å². The average molecular weight is 474 g/mol. The minimum Gasteiger partial charge on any atom is -0.288 e. The van der Waals surface area contributed by atoms with Crippen molar-refractivity contribution in [3.05, 3.63) is 86.0 Å². The lowest BCUT2D eigenvalue weighted by Gasteiger charge is -2.12. The summed E-state index contributed by atoms with van der Waals surface area (Å²) in [5.74, 6) is 1.34. The fourth-order valence-corrected chi connectivity index (χ4v) is 6.78. The molecular weight excluding hydrogens is 450 g/mol. The van der Waals surface area contributed by atoms with E-state index in [1.165, 1.54) is 10.4 Å². The van der Waals surface area contributed by atoms with Gasteiger partial charge in [-0.15, -0.1) is 11.3 Å². The van der Waals surface area contributed by atoms with Crippen molar-refractivity contribution in [2.24, 2.45) is 0 Å². The highest BCUT2D eigenvalue weighted by molar-refractivity contribution is 7.98. The molecule has 6 rings (SSSR count). The van der Waals surface area contributed by atoms with Crippen LogP contribution in [0.15, 0.2) is 52.5 Å². The van der Waals surface area contributed by atoms with Gasteiger partial charge in [0, 0.05) is 28.2 Å². The van der Waals surface area contributed by atoms with Gasteiger partial charge in [-0.25, -0.2) is 15.0 Å². The first-order valence-corrected chi connectivity index (χ1v) is 12.9. The number of nitrogens with zero attached hydrogens (tertiary/aromatic N) is 5. The Balaban J connectivity index is 1.41. The van der Waals surface area contributed by atoms with E-state index >= 15 is 0 Å². The zero-order valence-electron chi connectivity index (χ0n) is 18.5. The monoisotopic (exact) mass is 473 g/mol. The summed E-state index contributed by atoms with van der Waals surface area (Å²) in [7, 11) is 0. The fourth-order valence-electron chi connectivity index (χ4n) is 4.60. The van der Waals surface area contributed by atoms with Crippen LogP contribution in [0.5, 0.6) is 0 Å². The Kier molecular flexibility index (Phi) is 5.07. The Labute approximate surface area is 199 Å². The number of thiophene rings is 1. The molecule has 0 bridgehead atoms. The SMILES string of the molecule is Cc1cc(C)n2cc(CSc3nc4sc5c(c4c(=O)n3Cc3ccccc3)CCC5)nc2n1. The third kappa shape index (κ3) is 3.67. The summed E-state index contributed by atoms with van der Waals surface area (Å²) in [4.78, 5) is 30.1. The maximum absolute atomic E-state index is 13.7. The molecule has 0 radical (unpaired) electrons. The van der Waals surface area contributed by atoms with Crippen LogP contribution in [0.3, 0.4) is 0 Å². The van der Waals surface area contributed by atoms with E-state index in [2.05, 4.69) is 30.1 Å². The lowest BCUT2D eigenvalue weighted by Crippen LogP contribution is -2.24. The predicted octanol–water partition coefficient (Wildman–Crippen LogP) is 4.95. The number of thioether (sulfide) groups is 1. The molecule has 0 unspecified atom stereocenters. The molecule has 6 nitrogen and oxygen atoms in total. The maximum atomic E-state index is 13.7. The largest absolute Gasteiger partial charge is 0.288 e. The molecule has 1 aliphatic rings. The molecule has 4 aromatic heterocycles. The smallest absolute Gasteiger partial charge is 0.263 e. The molecule has 33 heavy (non-hydrogen) atoms. The standard InChI is InChI=1S/C25H23N5OS2/c1-15-11-16(2)29-13-18(27-24(29)26-15)14-32-25-28-22-21(19-9-6-10-20(19)33-22)23(31)30(25)12-17-7-4-3-5-8-17/h3-5,7-8,11,13H,6,9-10,12,14H2,1-2H3. The molecule has 0 saturated carbocycles. The third-order valence-electron chi connectivity index (χ3n) is 6.13. The van der Waals surface area contributed by atoms with Gasteiger partial charge in [0.2, 0.25) is 5.78 Å². The van der Waals surface area contributed by atoms with Crippen LogP contribution in [0.1, 0.15) is 39.5 Å². The van der Waals surface area contributed by atoms with Gasteiger partial charge in [-0.2, -0.15) is 0 Å². The Bertz CT molecular complexity index is 1570. The molecule has 0 amide bonds. The highest BCUT2D eigenvalue weighted by Crippen LogP contribution is 2.36. The van der Waals surface area contributed by atoms with E-state index < -0.39 is 0 Å². The number of fused-ring (bicyclic) bond motifs is 4. The van der Waals surface area contributed by atoms with Crippen LogP contribution in [0.4, 0.5) is 0 Å². The molecule has 1 aromatic carbocycles. The molecular formula is C25H23N5OS2. The summed E-state index contributed by atoms with van der Waals surface area (Å²) in [6.45, 7) is 4.56. The Hall–Kier alpha value is -2.97. The molecule has 1 aliphatic carbocycles. The minimum atomic E-state index is 0.0777. The van der Waals surface area contributed by atoms with E-state index in [0.29, 0.717) is 18.1 Å².